The van der Waals surface area contributed by atoms with E-state index in [1.165, 1.54) is 0 Å². The van der Waals surface area contributed by atoms with E-state index < -0.39 is 23.2 Å². The number of nitrogens with zero attached hydrogens (tertiary/aromatic N) is 2. The molecule has 0 unspecified atom stereocenters. The van der Waals surface area contributed by atoms with E-state index in [2.05, 4.69) is 4.98 Å². The first-order chi connectivity index (χ1) is 10.4. The van der Waals surface area contributed by atoms with Gasteiger partial charge in [-0.15, -0.1) is 0 Å². The number of amides is 1. The fourth-order valence-electron chi connectivity index (χ4n) is 2.91. The van der Waals surface area contributed by atoms with Gasteiger partial charge in [0.25, 0.3) is 0 Å². The SMILES string of the molecule is COCCN(Cc1ccccn1)C(=O)[C@@H]1[C@H](C(=O)O)C1(C)C. The van der Waals surface area contributed by atoms with Gasteiger partial charge in [0.15, 0.2) is 0 Å². The minimum Gasteiger partial charge on any atom is -0.481 e. The second kappa shape index (κ2) is 6.44. The molecule has 0 radical (unpaired) electrons. The third kappa shape index (κ3) is 3.27. The van der Waals surface area contributed by atoms with Gasteiger partial charge in [0.05, 0.1) is 30.7 Å². The number of carbonyl (C=O) groups is 2. The molecule has 1 aromatic heterocycles. The number of carboxylic acids is 1. The van der Waals surface area contributed by atoms with Crippen LogP contribution in [-0.2, 0) is 20.9 Å². The fourth-order valence-corrected chi connectivity index (χ4v) is 2.91. The van der Waals surface area contributed by atoms with Crippen LogP contribution in [0, 0.1) is 17.3 Å². The summed E-state index contributed by atoms with van der Waals surface area (Å²) in [6.07, 6.45) is 1.68. The largest absolute Gasteiger partial charge is 0.481 e. The number of ether oxygens (including phenoxy) is 1. The molecule has 2 atom stereocenters. The molecule has 1 aliphatic carbocycles. The van der Waals surface area contributed by atoms with Crippen LogP contribution in [0.25, 0.3) is 0 Å². The van der Waals surface area contributed by atoms with Crippen molar-refractivity contribution in [3.8, 4) is 0 Å². The number of hydrogen-bond acceptors (Lipinski definition) is 4. The Hall–Kier alpha value is -1.95. The molecule has 1 fully saturated rings. The molecule has 6 heteroatoms. The Bertz CT molecular complexity index is 544. The zero-order valence-corrected chi connectivity index (χ0v) is 13.2. The Morgan fingerprint density at radius 1 is 1.36 bits per heavy atom. The Morgan fingerprint density at radius 3 is 2.59 bits per heavy atom. The van der Waals surface area contributed by atoms with Crippen LogP contribution >= 0.6 is 0 Å². The topological polar surface area (TPSA) is 79.7 Å². The van der Waals surface area contributed by atoms with Crippen molar-refractivity contribution in [3.63, 3.8) is 0 Å². The van der Waals surface area contributed by atoms with E-state index in [0.717, 1.165) is 5.69 Å². The van der Waals surface area contributed by atoms with Gasteiger partial charge in [-0.05, 0) is 17.5 Å². The van der Waals surface area contributed by atoms with Gasteiger partial charge in [-0.2, -0.15) is 0 Å². The average molecular weight is 306 g/mol. The Balaban J connectivity index is 2.12. The van der Waals surface area contributed by atoms with Crippen LogP contribution in [0.15, 0.2) is 24.4 Å². The van der Waals surface area contributed by atoms with Crippen molar-refractivity contribution in [2.75, 3.05) is 20.3 Å². The number of methoxy groups -OCH3 is 1. The van der Waals surface area contributed by atoms with Gasteiger partial charge in [0, 0.05) is 19.9 Å². The number of aromatic nitrogens is 1. The molecule has 1 aliphatic rings. The fraction of sp³-hybridized carbons (Fsp3) is 0.562. The Kier molecular flexibility index (Phi) is 4.81. The molecule has 6 nitrogen and oxygen atoms in total. The Morgan fingerprint density at radius 2 is 2.09 bits per heavy atom. The summed E-state index contributed by atoms with van der Waals surface area (Å²) >= 11 is 0. The molecule has 2 rings (SSSR count). The quantitative estimate of drug-likeness (QED) is 0.824. The number of hydrogen-bond donors (Lipinski definition) is 1. The van der Waals surface area contributed by atoms with E-state index in [1.54, 1.807) is 18.2 Å². The summed E-state index contributed by atoms with van der Waals surface area (Å²) in [5, 5.41) is 9.25. The second-order valence-electron chi connectivity index (χ2n) is 6.19. The van der Waals surface area contributed by atoms with Gasteiger partial charge in [0.1, 0.15) is 0 Å². The molecule has 22 heavy (non-hydrogen) atoms. The maximum absolute atomic E-state index is 12.7. The monoisotopic (exact) mass is 306 g/mol. The molecule has 1 saturated carbocycles. The highest BCUT2D eigenvalue weighted by molar-refractivity contribution is 5.91. The van der Waals surface area contributed by atoms with Crippen molar-refractivity contribution < 1.29 is 19.4 Å². The lowest BCUT2D eigenvalue weighted by Crippen LogP contribution is -2.36. The van der Waals surface area contributed by atoms with Crippen LogP contribution in [-0.4, -0.2) is 47.1 Å². The van der Waals surface area contributed by atoms with Crippen molar-refractivity contribution in [2.24, 2.45) is 17.3 Å². The zero-order valence-electron chi connectivity index (χ0n) is 13.2. The van der Waals surface area contributed by atoms with Crippen molar-refractivity contribution >= 4 is 11.9 Å². The van der Waals surface area contributed by atoms with Crippen molar-refractivity contribution in [2.45, 2.75) is 20.4 Å². The van der Waals surface area contributed by atoms with Crippen LogP contribution in [0.5, 0.6) is 0 Å². The second-order valence-corrected chi connectivity index (χ2v) is 6.19. The number of pyridine rings is 1. The lowest BCUT2D eigenvalue weighted by atomic mass is 10.1. The highest BCUT2D eigenvalue weighted by Gasteiger charge is 2.66. The smallest absolute Gasteiger partial charge is 0.307 e. The molecule has 1 N–H and O–H groups in total. The van der Waals surface area contributed by atoms with E-state index >= 15 is 0 Å². The van der Waals surface area contributed by atoms with E-state index in [1.807, 2.05) is 32.0 Å². The molecule has 120 valence electrons. The van der Waals surface area contributed by atoms with Gasteiger partial charge >= 0.3 is 5.97 Å². The summed E-state index contributed by atoms with van der Waals surface area (Å²) in [6.45, 7) is 4.84. The molecular formula is C16H22N2O4. The molecule has 1 aromatic rings. The first-order valence-electron chi connectivity index (χ1n) is 7.30. The van der Waals surface area contributed by atoms with Crippen LogP contribution in [0.3, 0.4) is 0 Å². The van der Waals surface area contributed by atoms with Crippen LogP contribution < -0.4 is 0 Å². The normalized spacial score (nSPS) is 22.1. The van der Waals surface area contributed by atoms with Crippen molar-refractivity contribution in [3.05, 3.63) is 30.1 Å². The summed E-state index contributed by atoms with van der Waals surface area (Å²) in [6, 6.07) is 5.53. The van der Waals surface area contributed by atoms with Gasteiger partial charge in [0.2, 0.25) is 5.91 Å². The number of carboxylic acid groups (broad SMARTS) is 1. The molecule has 0 spiro atoms. The lowest BCUT2D eigenvalue weighted by molar-refractivity contribution is -0.142. The summed E-state index contributed by atoms with van der Waals surface area (Å²) in [7, 11) is 1.57. The van der Waals surface area contributed by atoms with Crippen molar-refractivity contribution in [1.29, 1.82) is 0 Å². The van der Waals surface area contributed by atoms with Crippen molar-refractivity contribution in [1.82, 2.24) is 9.88 Å². The molecule has 0 bridgehead atoms. The highest BCUT2D eigenvalue weighted by Crippen LogP contribution is 2.59. The Labute approximate surface area is 130 Å². The minimum absolute atomic E-state index is 0.139. The maximum Gasteiger partial charge on any atom is 0.307 e. The first kappa shape index (κ1) is 16.4. The molecular weight excluding hydrogens is 284 g/mol. The predicted octanol–water partition coefficient (Wildman–Crippen LogP) is 1.41. The minimum atomic E-state index is -0.909. The molecule has 0 aromatic carbocycles. The number of carbonyl (C=O) groups excluding carboxylic acids is 1. The number of rotatable bonds is 7. The first-order valence-corrected chi connectivity index (χ1v) is 7.30. The third-order valence-electron chi connectivity index (χ3n) is 4.32. The van der Waals surface area contributed by atoms with Gasteiger partial charge in [-0.1, -0.05) is 19.9 Å². The van der Waals surface area contributed by atoms with E-state index in [0.29, 0.717) is 19.7 Å². The summed E-state index contributed by atoms with van der Waals surface area (Å²) < 4.78 is 5.06. The lowest BCUT2D eigenvalue weighted by Gasteiger charge is -2.23. The zero-order chi connectivity index (χ0) is 16.3. The van der Waals surface area contributed by atoms with Crippen LogP contribution in [0.1, 0.15) is 19.5 Å². The van der Waals surface area contributed by atoms with Gasteiger partial charge in [-0.3, -0.25) is 14.6 Å². The van der Waals surface area contributed by atoms with E-state index in [4.69, 9.17) is 4.74 Å². The molecule has 0 aliphatic heterocycles. The van der Waals surface area contributed by atoms with E-state index in [-0.39, 0.29) is 5.91 Å². The number of aliphatic carboxylic acids is 1. The van der Waals surface area contributed by atoms with Crippen LogP contribution in [0.2, 0.25) is 0 Å². The summed E-state index contributed by atoms with van der Waals surface area (Å²) in [5.41, 5.74) is 0.274. The molecule has 1 amide bonds. The van der Waals surface area contributed by atoms with E-state index in [9.17, 15) is 14.7 Å². The summed E-state index contributed by atoms with van der Waals surface area (Å²) in [5.74, 6) is -2.15. The standard InChI is InChI=1S/C16H22N2O4/c1-16(2)12(13(16)15(20)21)14(19)18(8-9-22-3)10-11-6-4-5-7-17-11/h4-7,12-13H,8-10H2,1-3H3,(H,20,21)/t12-,13+/m0/s1. The van der Waals surface area contributed by atoms with Gasteiger partial charge in [-0.25, -0.2) is 0 Å². The molecule has 1 heterocycles. The average Bonchev–Trinajstić information content (AvgIpc) is 3.06. The third-order valence-corrected chi connectivity index (χ3v) is 4.32. The highest BCUT2D eigenvalue weighted by atomic mass is 16.5. The summed E-state index contributed by atoms with van der Waals surface area (Å²) in [4.78, 5) is 29.9. The predicted molar refractivity (Wildman–Crippen MR) is 79.9 cm³/mol. The van der Waals surface area contributed by atoms with Crippen LogP contribution in [0.4, 0.5) is 0 Å². The molecule has 0 saturated heterocycles. The van der Waals surface area contributed by atoms with Gasteiger partial charge < -0.3 is 14.7 Å². The maximum atomic E-state index is 12.7.